The zero-order valence-electron chi connectivity index (χ0n) is 16.7. The van der Waals surface area contributed by atoms with Crippen molar-refractivity contribution in [3.63, 3.8) is 0 Å². The molecular formula is C20H29N3O3S. The molecule has 0 spiro atoms. The van der Waals surface area contributed by atoms with Gasteiger partial charge >= 0.3 is 0 Å². The number of aromatic nitrogens is 2. The molecule has 0 aliphatic rings. The van der Waals surface area contributed by atoms with Crippen LogP contribution in [0.5, 0.6) is 11.5 Å². The van der Waals surface area contributed by atoms with Gasteiger partial charge in [-0.15, -0.1) is 11.8 Å². The van der Waals surface area contributed by atoms with Crippen molar-refractivity contribution in [1.29, 1.82) is 0 Å². The summed E-state index contributed by atoms with van der Waals surface area (Å²) >= 11 is 1.66. The number of benzene rings is 1. The third-order valence-corrected chi connectivity index (χ3v) is 5.64. The molecule has 1 aromatic carbocycles. The van der Waals surface area contributed by atoms with Crippen LogP contribution in [0.4, 0.5) is 5.82 Å². The minimum Gasteiger partial charge on any atom is -0.497 e. The SMILES string of the molecule is CCSC(C(=O)Nc1cc(CCc2cc(OC)cc(OC)c2)[nH]n1)C(C)C. The van der Waals surface area contributed by atoms with E-state index >= 15 is 0 Å². The Morgan fingerprint density at radius 1 is 1.15 bits per heavy atom. The fourth-order valence-corrected chi connectivity index (χ4v) is 3.75. The molecule has 0 radical (unpaired) electrons. The average molecular weight is 392 g/mol. The number of H-pyrrole nitrogens is 1. The van der Waals surface area contributed by atoms with Crippen molar-refractivity contribution in [3.05, 3.63) is 35.5 Å². The van der Waals surface area contributed by atoms with E-state index < -0.39 is 0 Å². The maximum Gasteiger partial charge on any atom is 0.238 e. The lowest BCUT2D eigenvalue weighted by atomic mass is 10.1. The van der Waals surface area contributed by atoms with Crippen LogP contribution in [-0.2, 0) is 17.6 Å². The average Bonchev–Trinajstić information content (AvgIpc) is 3.10. The lowest BCUT2D eigenvalue weighted by molar-refractivity contribution is -0.116. The molecule has 2 N–H and O–H groups in total. The second-order valence-electron chi connectivity index (χ2n) is 6.61. The van der Waals surface area contributed by atoms with Crippen LogP contribution in [-0.4, -0.2) is 41.3 Å². The van der Waals surface area contributed by atoms with Gasteiger partial charge < -0.3 is 14.8 Å². The van der Waals surface area contributed by atoms with Gasteiger partial charge in [-0.2, -0.15) is 5.10 Å². The van der Waals surface area contributed by atoms with E-state index in [0.29, 0.717) is 5.82 Å². The van der Waals surface area contributed by atoms with E-state index in [9.17, 15) is 4.79 Å². The van der Waals surface area contributed by atoms with Crippen LogP contribution in [0.15, 0.2) is 24.3 Å². The van der Waals surface area contributed by atoms with E-state index in [2.05, 4.69) is 36.3 Å². The van der Waals surface area contributed by atoms with Gasteiger partial charge in [-0.1, -0.05) is 20.8 Å². The molecule has 27 heavy (non-hydrogen) atoms. The number of carbonyl (C=O) groups is 1. The molecule has 148 valence electrons. The Kier molecular flexibility index (Phi) is 8.03. The summed E-state index contributed by atoms with van der Waals surface area (Å²) in [5.41, 5.74) is 2.09. The van der Waals surface area contributed by atoms with Crippen LogP contribution >= 0.6 is 11.8 Å². The largest absolute Gasteiger partial charge is 0.497 e. The second kappa shape index (κ2) is 10.3. The summed E-state index contributed by atoms with van der Waals surface area (Å²) in [5.74, 6) is 3.31. The number of anilines is 1. The second-order valence-corrected chi connectivity index (χ2v) is 8.03. The zero-order valence-corrected chi connectivity index (χ0v) is 17.5. The van der Waals surface area contributed by atoms with E-state index in [-0.39, 0.29) is 17.1 Å². The highest BCUT2D eigenvalue weighted by Crippen LogP contribution is 2.24. The van der Waals surface area contributed by atoms with Gasteiger partial charge in [0.2, 0.25) is 5.91 Å². The number of amides is 1. The molecule has 7 heteroatoms. The summed E-state index contributed by atoms with van der Waals surface area (Å²) in [4.78, 5) is 12.5. The Bertz CT molecular complexity index is 724. The number of thioether (sulfide) groups is 1. The highest BCUT2D eigenvalue weighted by atomic mass is 32.2. The van der Waals surface area contributed by atoms with Gasteiger partial charge in [-0.3, -0.25) is 9.89 Å². The zero-order chi connectivity index (χ0) is 19.8. The maximum atomic E-state index is 12.5. The monoisotopic (exact) mass is 391 g/mol. The number of hydrogen-bond donors (Lipinski definition) is 2. The first-order valence-electron chi connectivity index (χ1n) is 9.15. The van der Waals surface area contributed by atoms with Gasteiger partial charge in [0, 0.05) is 17.8 Å². The predicted molar refractivity (Wildman–Crippen MR) is 111 cm³/mol. The summed E-state index contributed by atoms with van der Waals surface area (Å²) < 4.78 is 10.6. The van der Waals surface area contributed by atoms with Gasteiger partial charge in [0.05, 0.1) is 19.5 Å². The van der Waals surface area contributed by atoms with Crippen LogP contribution < -0.4 is 14.8 Å². The van der Waals surface area contributed by atoms with E-state index in [1.165, 1.54) is 0 Å². The lowest BCUT2D eigenvalue weighted by Gasteiger charge is -2.18. The standard InChI is InChI=1S/C20H29N3O3S/c1-6-27-19(13(2)3)20(24)21-18-11-15(22-23-18)8-7-14-9-16(25-4)12-17(10-14)26-5/h9-13,19H,6-8H2,1-5H3,(H2,21,22,23,24). The van der Waals surface area contributed by atoms with E-state index in [4.69, 9.17) is 9.47 Å². The minimum atomic E-state index is -0.0700. The molecule has 0 fully saturated rings. The van der Waals surface area contributed by atoms with Crippen LogP contribution in [0.25, 0.3) is 0 Å². The first-order chi connectivity index (χ1) is 13.0. The molecule has 2 aromatic rings. The van der Waals surface area contributed by atoms with Crippen LogP contribution in [0.3, 0.4) is 0 Å². The molecule has 1 unspecified atom stereocenters. The van der Waals surface area contributed by atoms with Crippen molar-refractivity contribution in [3.8, 4) is 11.5 Å². The topological polar surface area (TPSA) is 76.2 Å². The van der Waals surface area contributed by atoms with Crippen LogP contribution in [0.2, 0.25) is 0 Å². The first-order valence-corrected chi connectivity index (χ1v) is 10.2. The molecule has 1 amide bonds. The molecule has 0 bridgehead atoms. The Balaban J connectivity index is 1.97. The van der Waals surface area contributed by atoms with Gasteiger partial charge in [0.25, 0.3) is 0 Å². The van der Waals surface area contributed by atoms with Crippen LogP contribution in [0.1, 0.15) is 32.0 Å². The van der Waals surface area contributed by atoms with Gasteiger partial charge in [0.15, 0.2) is 5.82 Å². The first kappa shape index (κ1) is 21.2. The number of carbonyl (C=O) groups excluding carboxylic acids is 1. The molecule has 1 atom stereocenters. The Morgan fingerprint density at radius 3 is 2.37 bits per heavy atom. The third-order valence-electron chi connectivity index (χ3n) is 4.19. The molecule has 1 heterocycles. The normalized spacial score (nSPS) is 12.1. The smallest absolute Gasteiger partial charge is 0.238 e. The Hall–Kier alpha value is -2.15. The molecule has 1 aromatic heterocycles. The summed E-state index contributed by atoms with van der Waals surface area (Å²) in [7, 11) is 3.29. The molecule has 0 aliphatic carbocycles. The number of ether oxygens (including phenoxy) is 2. The van der Waals surface area contributed by atoms with E-state index in [1.54, 1.807) is 26.0 Å². The minimum absolute atomic E-state index is 0.00688. The summed E-state index contributed by atoms with van der Waals surface area (Å²) in [6, 6.07) is 7.74. The van der Waals surface area contributed by atoms with Crippen molar-refractivity contribution in [2.75, 3.05) is 25.3 Å². The fraction of sp³-hybridized carbons (Fsp3) is 0.500. The summed E-state index contributed by atoms with van der Waals surface area (Å²) in [6.07, 6.45) is 1.58. The highest BCUT2D eigenvalue weighted by Gasteiger charge is 2.22. The van der Waals surface area contributed by atoms with Crippen molar-refractivity contribution < 1.29 is 14.3 Å². The molecule has 0 saturated carbocycles. The number of hydrogen-bond acceptors (Lipinski definition) is 5. The number of nitrogens with zero attached hydrogens (tertiary/aromatic N) is 1. The Morgan fingerprint density at radius 2 is 1.81 bits per heavy atom. The summed E-state index contributed by atoms with van der Waals surface area (Å²) in [6.45, 7) is 6.18. The molecule has 0 aliphatic heterocycles. The quantitative estimate of drug-likeness (QED) is 0.642. The fourth-order valence-electron chi connectivity index (χ4n) is 2.79. The van der Waals surface area contributed by atoms with Gasteiger partial charge in [-0.25, -0.2) is 0 Å². The van der Waals surface area contributed by atoms with E-state index in [1.807, 2.05) is 24.3 Å². The van der Waals surface area contributed by atoms with Crippen LogP contribution in [0, 0.1) is 5.92 Å². The number of nitrogens with one attached hydrogen (secondary N) is 2. The van der Waals surface area contributed by atoms with Gasteiger partial charge in [0.1, 0.15) is 11.5 Å². The van der Waals surface area contributed by atoms with Crippen molar-refractivity contribution in [1.82, 2.24) is 10.2 Å². The third kappa shape index (κ3) is 6.20. The molecule has 6 nitrogen and oxygen atoms in total. The van der Waals surface area contributed by atoms with Crippen molar-refractivity contribution in [2.45, 2.75) is 38.9 Å². The van der Waals surface area contributed by atoms with Crippen molar-refractivity contribution >= 4 is 23.5 Å². The predicted octanol–water partition coefficient (Wildman–Crippen LogP) is 3.93. The number of aromatic amines is 1. The lowest BCUT2D eigenvalue weighted by Crippen LogP contribution is -2.29. The number of rotatable bonds is 10. The Labute approximate surface area is 165 Å². The molecule has 0 saturated heterocycles. The molecule has 2 rings (SSSR count). The highest BCUT2D eigenvalue weighted by molar-refractivity contribution is 8.00. The summed E-state index contributed by atoms with van der Waals surface area (Å²) in [5, 5.41) is 10.1. The number of methoxy groups -OCH3 is 2. The molecular weight excluding hydrogens is 362 g/mol. The van der Waals surface area contributed by atoms with Gasteiger partial charge in [-0.05, 0) is 42.2 Å². The van der Waals surface area contributed by atoms with Crippen molar-refractivity contribution in [2.24, 2.45) is 5.92 Å². The maximum absolute atomic E-state index is 12.5. The number of aryl methyl sites for hydroxylation is 2. The van der Waals surface area contributed by atoms with E-state index in [0.717, 1.165) is 41.4 Å².